The van der Waals surface area contributed by atoms with Gasteiger partial charge in [0.15, 0.2) is 0 Å². The van der Waals surface area contributed by atoms with Crippen molar-refractivity contribution in [2.75, 3.05) is 0 Å². The summed E-state index contributed by atoms with van der Waals surface area (Å²) in [5, 5.41) is 5.81. The van der Waals surface area contributed by atoms with Crippen molar-refractivity contribution in [2.24, 2.45) is 0 Å². The Labute approximate surface area is 186 Å². The fourth-order valence-electron chi connectivity index (χ4n) is 4.44. The van der Waals surface area contributed by atoms with E-state index in [0.717, 1.165) is 52.9 Å². The van der Waals surface area contributed by atoms with Crippen molar-refractivity contribution in [3.63, 3.8) is 0 Å². The summed E-state index contributed by atoms with van der Waals surface area (Å²) in [5.41, 5.74) is 7.89. The molecule has 5 heteroatoms. The smallest absolute Gasteiger partial charge is 0.130 e. The average Bonchev–Trinajstić information content (AvgIpc) is 3.18. The van der Waals surface area contributed by atoms with Gasteiger partial charge >= 0.3 is 0 Å². The molecular weight excluding hydrogens is 396 g/mol. The summed E-state index contributed by atoms with van der Waals surface area (Å²) >= 11 is 0. The topological polar surface area (TPSA) is 52.8 Å². The Balaban J connectivity index is 1.30. The Morgan fingerprint density at radius 2 is 1.81 bits per heavy atom. The van der Waals surface area contributed by atoms with Crippen molar-refractivity contribution in [3.8, 4) is 28.1 Å². The van der Waals surface area contributed by atoms with Crippen LogP contribution >= 0.6 is 0 Å². The van der Waals surface area contributed by atoms with Gasteiger partial charge < -0.3 is 4.74 Å². The molecular formula is C27H22N4O. The molecule has 1 aliphatic rings. The Morgan fingerprint density at radius 3 is 2.75 bits per heavy atom. The Bertz CT molecular complexity index is 1410. The molecule has 0 aliphatic carbocycles. The molecule has 5 aromatic rings. The lowest BCUT2D eigenvalue weighted by molar-refractivity contribution is 0.301. The summed E-state index contributed by atoms with van der Waals surface area (Å²) in [4.78, 5) is 8.87. The Hall–Kier alpha value is -3.99. The van der Waals surface area contributed by atoms with Crippen molar-refractivity contribution in [1.82, 2.24) is 19.7 Å². The first-order valence-electron chi connectivity index (χ1n) is 10.9. The summed E-state index contributed by atoms with van der Waals surface area (Å²) in [5.74, 6) is 0.872. The molecule has 0 bridgehead atoms. The maximum absolute atomic E-state index is 6.14. The third-order valence-corrected chi connectivity index (χ3v) is 6.02. The van der Waals surface area contributed by atoms with Gasteiger partial charge in [0.2, 0.25) is 0 Å². The predicted molar refractivity (Wildman–Crippen MR) is 125 cm³/mol. The van der Waals surface area contributed by atoms with Crippen LogP contribution in [0.15, 0.2) is 85.3 Å². The number of benzene rings is 2. The highest BCUT2D eigenvalue weighted by molar-refractivity contribution is 5.82. The first-order valence-corrected chi connectivity index (χ1v) is 10.9. The van der Waals surface area contributed by atoms with Crippen molar-refractivity contribution in [3.05, 3.63) is 96.6 Å². The van der Waals surface area contributed by atoms with Crippen LogP contribution in [0.2, 0.25) is 0 Å². The van der Waals surface area contributed by atoms with Crippen LogP contribution in [0.3, 0.4) is 0 Å². The molecule has 2 aromatic carbocycles. The SMILES string of the molecule is c1ccc2nc(COc3ccc4c(c3)CCCn3ncc(-c5ccncc5)c3-4)ccc2c1. The summed E-state index contributed by atoms with van der Waals surface area (Å²) in [6, 6.07) is 22.8. The minimum absolute atomic E-state index is 0.448. The first kappa shape index (κ1) is 18.8. The summed E-state index contributed by atoms with van der Waals surface area (Å²) in [7, 11) is 0. The van der Waals surface area contributed by atoms with Crippen molar-refractivity contribution >= 4 is 10.9 Å². The normalized spacial score (nSPS) is 12.8. The fraction of sp³-hybridized carbons (Fsp3) is 0.148. The zero-order valence-corrected chi connectivity index (χ0v) is 17.6. The van der Waals surface area contributed by atoms with Crippen LogP contribution in [-0.4, -0.2) is 19.7 Å². The molecule has 5 nitrogen and oxygen atoms in total. The third kappa shape index (κ3) is 3.42. The van der Waals surface area contributed by atoms with Crippen LogP contribution in [0.4, 0.5) is 0 Å². The van der Waals surface area contributed by atoms with Gasteiger partial charge in [0.1, 0.15) is 12.4 Å². The van der Waals surface area contributed by atoms with E-state index >= 15 is 0 Å². The van der Waals surface area contributed by atoms with Gasteiger partial charge in [-0.1, -0.05) is 24.3 Å². The molecule has 0 atom stereocenters. The highest BCUT2D eigenvalue weighted by Crippen LogP contribution is 2.37. The molecule has 156 valence electrons. The van der Waals surface area contributed by atoms with Crippen LogP contribution < -0.4 is 4.74 Å². The Morgan fingerprint density at radius 1 is 0.906 bits per heavy atom. The highest BCUT2D eigenvalue weighted by Gasteiger charge is 2.20. The van der Waals surface area contributed by atoms with Gasteiger partial charge in [0, 0.05) is 35.5 Å². The van der Waals surface area contributed by atoms with E-state index in [-0.39, 0.29) is 0 Å². The minimum Gasteiger partial charge on any atom is -0.487 e. The number of fused-ring (bicyclic) bond motifs is 4. The monoisotopic (exact) mass is 418 g/mol. The predicted octanol–water partition coefficient (Wildman–Crippen LogP) is 5.69. The number of para-hydroxylation sites is 1. The molecule has 0 amide bonds. The van der Waals surface area contributed by atoms with E-state index < -0.39 is 0 Å². The summed E-state index contributed by atoms with van der Waals surface area (Å²) < 4.78 is 8.27. The van der Waals surface area contributed by atoms with Crippen LogP contribution in [0, 0.1) is 0 Å². The maximum Gasteiger partial charge on any atom is 0.130 e. The lowest BCUT2D eigenvalue weighted by Gasteiger charge is -2.13. The number of aryl methyl sites for hydroxylation is 2. The van der Waals surface area contributed by atoms with Crippen molar-refractivity contribution in [2.45, 2.75) is 26.0 Å². The maximum atomic E-state index is 6.14. The second-order valence-corrected chi connectivity index (χ2v) is 8.07. The summed E-state index contributed by atoms with van der Waals surface area (Å²) in [6.45, 7) is 1.36. The zero-order valence-electron chi connectivity index (χ0n) is 17.6. The molecule has 0 fully saturated rings. The number of rotatable bonds is 4. The van der Waals surface area contributed by atoms with Crippen LogP contribution in [-0.2, 0) is 19.6 Å². The zero-order chi connectivity index (χ0) is 21.3. The fourth-order valence-corrected chi connectivity index (χ4v) is 4.44. The van der Waals surface area contributed by atoms with Crippen LogP contribution in [0.1, 0.15) is 17.7 Å². The number of hydrogen-bond donors (Lipinski definition) is 0. The lowest BCUT2D eigenvalue weighted by atomic mass is 9.97. The summed E-state index contributed by atoms with van der Waals surface area (Å²) in [6.07, 6.45) is 7.67. The molecule has 32 heavy (non-hydrogen) atoms. The van der Waals surface area contributed by atoms with E-state index in [0.29, 0.717) is 6.61 Å². The van der Waals surface area contributed by atoms with E-state index in [2.05, 4.69) is 45.1 Å². The van der Waals surface area contributed by atoms with Gasteiger partial charge in [0.25, 0.3) is 0 Å². The van der Waals surface area contributed by atoms with Gasteiger partial charge in [-0.25, -0.2) is 4.98 Å². The van der Waals surface area contributed by atoms with Crippen LogP contribution in [0.5, 0.6) is 5.75 Å². The molecule has 6 rings (SSSR count). The van der Waals surface area contributed by atoms with E-state index in [4.69, 9.17) is 9.72 Å². The van der Waals surface area contributed by atoms with Crippen molar-refractivity contribution < 1.29 is 4.74 Å². The first-order chi connectivity index (χ1) is 15.8. The standard InChI is InChI=1S/C27H22N4O/c1-2-6-26-20(4-1)7-8-22(30-26)18-32-23-9-10-24-21(16-23)5-3-15-31-27(24)25(17-29-31)19-11-13-28-14-12-19/h1-2,4,6-14,16-17H,3,5,15,18H2. The molecule has 0 N–H and O–H groups in total. The second-order valence-electron chi connectivity index (χ2n) is 8.07. The van der Waals surface area contributed by atoms with Gasteiger partial charge in [-0.15, -0.1) is 0 Å². The molecule has 0 saturated carbocycles. The number of ether oxygens (including phenoxy) is 1. The molecule has 4 heterocycles. The molecule has 0 unspecified atom stereocenters. The van der Waals surface area contributed by atoms with Crippen LogP contribution in [0.25, 0.3) is 33.3 Å². The third-order valence-electron chi connectivity index (χ3n) is 6.02. The minimum atomic E-state index is 0.448. The van der Waals surface area contributed by atoms with Gasteiger partial charge in [-0.05, 0) is 66.4 Å². The molecule has 1 aliphatic heterocycles. The van der Waals surface area contributed by atoms with Gasteiger partial charge in [0.05, 0.1) is 23.1 Å². The van der Waals surface area contributed by atoms with E-state index in [1.165, 1.54) is 16.8 Å². The molecule has 0 radical (unpaired) electrons. The molecule has 3 aromatic heterocycles. The van der Waals surface area contributed by atoms with E-state index in [1.807, 2.05) is 55.0 Å². The van der Waals surface area contributed by atoms with E-state index in [1.54, 1.807) is 0 Å². The van der Waals surface area contributed by atoms with Crippen molar-refractivity contribution in [1.29, 1.82) is 0 Å². The average molecular weight is 419 g/mol. The lowest BCUT2D eigenvalue weighted by Crippen LogP contribution is -2.00. The van der Waals surface area contributed by atoms with E-state index in [9.17, 15) is 0 Å². The Kier molecular flexibility index (Phi) is 4.65. The number of aromatic nitrogens is 4. The number of nitrogens with zero attached hydrogens (tertiary/aromatic N) is 4. The highest BCUT2D eigenvalue weighted by atomic mass is 16.5. The van der Waals surface area contributed by atoms with Gasteiger partial charge in [-0.3, -0.25) is 9.67 Å². The molecule has 0 spiro atoms. The second kappa shape index (κ2) is 7.93. The largest absolute Gasteiger partial charge is 0.487 e. The molecule has 0 saturated heterocycles. The number of hydrogen-bond acceptors (Lipinski definition) is 4. The van der Waals surface area contributed by atoms with Gasteiger partial charge in [-0.2, -0.15) is 5.10 Å². The quantitative estimate of drug-likeness (QED) is 0.376. The number of pyridine rings is 2.